The Hall–Kier alpha value is -0.120. The molecule has 1 fully saturated rings. The zero-order chi connectivity index (χ0) is 15.2. The van der Waals surface area contributed by atoms with E-state index in [0.717, 1.165) is 24.8 Å². The summed E-state index contributed by atoms with van der Waals surface area (Å²) in [6.07, 6.45) is 5.96. The van der Waals surface area contributed by atoms with Gasteiger partial charge in [-0.15, -0.1) is 0 Å². The average Bonchev–Trinajstić information content (AvgIpc) is 2.85. The minimum absolute atomic E-state index is 0.0821. The van der Waals surface area contributed by atoms with Gasteiger partial charge in [0.25, 0.3) is 0 Å². The molecule has 0 bridgehead atoms. The molecule has 0 aliphatic carbocycles. The normalized spacial score (nSPS) is 23.7. The number of likely N-dealkylation sites (tertiary alicyclic amines) is 1. The monoisotopic (exact) mass is 284 g/mol. The van der Waals surface area contributed by atoms with Gasteiger partial charge in [-0.1, -0.05) is 34.6 Å². The number of nitrogens with one attached hydrogen (secondary N) is 1. The van der Waals surface area contributed by atoms with Crippen LogP contribution in [0.1, 0.15) is 66.7 Å². The second-order valence-electron chi connectivity index (χ2n) is 7.18. The lowest BCUT2D eigenvalue weighted by atomic mass is 9.90. The molecule has 2 atom stereocenters. The standard InChI is InChI=1S/C17H36N2O/c1-6-17(13-20,18-15(4)5)10-8-12-19-11-7-9-16(19)14(2)3/h14-16,18,20H,6-13H2,1-5H3. The van der Waals surface area contributed by atoms with Crippen LogP contribution in [0.5, 0.6) is 0 Å². The SMILES string of the molecule is CCC(CO)(CCCN1CCCC1C(C)C)NC(C)C. The highest BCUT2D eigenvalue weighted by molar-refractivity contribution is 4.89. The molecule has 1 aliphatic heterocycles. The topological polar surface area (TPSA) is 35.5 Å². The molecule has 1 rings (SSSR count). The van der Waals surface area contributed by atoms with Gasteiger partial charge in [-0.2, -0.15) is 0 Å². The molecule has 1 saturated heterocycles. The number of aliphatic hydroxyl groups excluding tert-OH is 1. The fourth-order valence-electron chi connectivity index (χ4n) is 3.70. The second-order valence-corrected chi connectivity index (χ2v) is 7.18. The molecule has 0 saturated carbocycles. The van der Waals surface area contributed by atoms with Crippen LogP contribution < -0.4 is 5.32 Å². The molecule has 3 heteroatoms. The molecule has 3 nitrogen and oxygen atoms in total. The lowest BCUT2D eigenvalue weighted by Crippen LogP contribution is -2.51. The first-order valence-corrected chi connectivity index (χ1v) is 8.56. The molecule has 0 aromatic rings. The minimum Gasteiger partial charge on any atom is -0.394 e. The Kier molecular flexibility index (Phi) is 7.49. The zero-order valence-electron chi connectivity index (χ0n) is 14.3. The van der Waals surface area contributed by atoms with E-state index in [1.165, 1.54) is 32.4 Å². The van der Waals surface area contributed by atoms with Gasteiger partial charge in [0, 0.05) is 17.6 Å². The van der Waals surface area contributed by atoms with Crippen molar-refractivity contribution >= 4 is 0 Å². The Bertz CT molecular complexity index is 262. The number of hydrogen-bond donors (Lipinski definition) is 2. The van der Waals surface area contributed by atoms with Crippen molar-refractivity contribution in [3.8, 4) is 0 Å². The molecular weight excluding hydrogens is 248 g/mol. The Balaban J connectivity index is 2.44. The smallest absolute Gasteiger partial charge is 0.0613 e. The molecule has 0 radical (unpaired) electrons. The van der Waals surface area contributed by atoms with Crippen molar-refractivity contribution in [2.24, 2.45) is 5.92 Å². The van der Waals surface area contributed by atoms with Crippen LogP contribution in [0.4, 0.5) is 0 Å². The van der Waals surface area contributed by atoms with Gasteiger partial charge >= 0.3 is 0 Å². The van der Waals surface area contributed by atoms with Crippen LogP contribution in [0.25, 0.3) is 0 Å². The van der Waals surface area contributed by atoms with Gasteiger partial charge in [0.15, 0.2) is 0 Å². The molecule has 2 unspecified atom stereocenters. The zero-order valence-corrected chi connectivity index (χ0v) is 14.3. The molecule has 1 aliphatic rings. The highest BCUT2D eigenvalue weighted by atomic mass is 16.3. The van der Waals surface area contributed by atoms with E-state index >= 15 is 0 Å². The third kappa shape index (κ3) is 5.01. The van der Waals surface area contributed by atoms with E-state index in [2.05, 4.69) is 44.8 Å². The van der Waals surface area contributed by atoms with Crippen molar-refractivity contribution in [3.63, 3.8) is 0 Å². The van der Waals surface area contributed by atoms with Crippen molar-refractivity contribution in [2.45, 2.75) is 84.3 Å². The van der Waals surface area contributed by atoms with Crippen molar-refractivity contribution < 1.29 is 5.11 Å². The predicted octanol–water partition coefficient (Wildman–Crippen LogP) is 3.03. The largest absolute Gasteiger partial charge is 0.394 e. The quantitative estimate of drug-likeness (QED) is 0.683. The van der Waals surface area contributed by atoms with Gasteiger partial charge in [-0.3, -0.25) is 0 Å². The Labute approximate surface area is 126 Å². The predicted molar refractivity (Wildman–Crippen MR) is 87.0 cm³/mol. The summed E-state index contributed by atoms with van der Waals surface area (Å²) < 4.78 is 0. The van der Waals surface area contributed by atoms with Gasteiger partial charge in [-0.05, 0) is 51.1 Å². The molecule has 0 aromatic heterocycles. The van der Waals surface area contributed by atoms with Crippen molar-refractivity contribution in [3.05, 3.63) is 0 Å². The summed E-state index contributed by atoms with van der Waals surface area (Å²) in [5.41, 5.74) is -0.0821. The van der Waals surface area contributed by atoms with Gasteiger partial charge in [0.1, 0.15) is 0 Å². The first-order valence-electron chi connectivity index (χ1n) is 8.56. The molecule has 20 heavy (non-hydrogen) atoms. The van der Waals surface area contributed by atoms with Crippen LogP contribution >= 0.6 is 0 Å². The van der Waals surface area contributed by atoms with Crippen LogP contribution in [0, 0.1) is 5.92 Å². The van der Waals surface area contributed by atoms with Gasteiger partial charge < -0.3 is 15.3 Å². The first-order chi connectivity index (χ1) is 9.44. The van der Waals surface area contributed by atoms with E-state index in [4.69, 9.17) is 0 Å². The summed E-state index contributed by atoms with van der Waals surface area (Å²) in [7, 11) is 0. The van der Waals surface area contributed by atoms with Crippen LogP contribution in [-0.4, -0.2) is 47.3 Å². The summed E-state index contributed by atoms with van der Waals surface area (Å²) in [4.78, 5) is 2.66. The summed E-state index contributed by atoms with van der Waals surface area (Å²) >= 11 is 0. The van der Waals surface area contributed by atoms with Crippen LogP contribution in [0.2, 0.25) is 0 Å². The van der Waals surface area contributed by atoms with Crippen LogP contribution in [-0.2, 0) is 0 Å². The number of hydrogen-bond acceptors (Lipinski definition) is 3. The number of aliphatic hydroxyl groups is 1. The van der Waals surface area contributed by atoms with Crippen LogP contribution in [0.3, 0.4) is 0 Å². The summed E-state index contributed by atoms with van der Waals surface area (Å²) in [6, 6.07) is 1.20. The third-order valence-corrected chi connectivity index (χ3v) is 4.86. The Morgan fingerprint density at radius 3 is 2.50 bits per heavy atom. The van der Waals surface area contributed by atoms with Crippen molar-refractivity contribution in [1.29, 1.82) is 0 Å². The van der Waals surface area contributed by atoms with E-state index in [9.17, 15) is 5.11 Å². The number of nitrogens with zero attached hydrogens (tertiary/aromatic N) is 1. The number of rotatable bonds is 9. The summed E-state index contributed by atoms with van der Waals surface area (Å²) in [5.74, 6) is 0.764. The lowest BCUT2D eigenvalue weighted by molar-refractivity contribution is 0.125. The van der Waals surface area contributed by atoms with E-state index in [1.807, 2.05) is 0 Å². The maximum atomic E-state index is 9.78. The average molecular weight is 284 g/mol. The summed E-state index contributed by atoms with van der Waals surface area (Å²) in [6.45, 7) is 13.9. The molecule has 0 amide bonds. The fraction of sp³-hybridized carbons (Fsp3) is 1.00. The minimum atomic E-state index is -0.0821. The Morgan fingerprint density at radius 1 is 1.30 bits per heavy atom. The van der Waals surface area contributed by atoms with E-state index in [-0.39, 0.29) is 12.1 Å². The maximum Gasteiger partial charge on any atom is 0.0613 e. The van der Waals surface area contributed by atoms with Gasteiger partial charge in [0.2, 0.25) is 0 Å². The van der Waals surface area contributed by atoms with Crippen LogP contribution in [0.15, 0.2) is 0 Å². The van der Waals surface area contributed by atoms with E-state index in [1.54, 1.807) is 0 Å². The van der Waals surface area contributed by atoms with Gasteiger partial charge in [0.05, 0.1) is 6.61 Å². The first kappa shape index (κ1) is 17.9. The molecule has 120 valence electrons. The molecule has 2 N–H and O–H groups in total. The van der Waals surface area contributed by atoms with Crippen molar-refractivity contribution in [1.82, 2.24) is 10.2 Å². The van der Waals surface area contributed by atoms with E-state index in [0.29, 0.717) is 6.04 Å². The summed E-state index contributed by atoms with van der Waals surface area (Å²) in [5, 5.41) is 13.4. The molecule has 0 spiro atoms. The second kappa shape index (κ2) is 8.35. The molecule has 0 aromatic carbocycles. The lowest BCUT2D eigenvalue weighted by Gasteiger charge is -2.35. The van der Waals surface area contributed by atoms with E-state index < -0.39 is 0 Å². The third-order valence-electron chi connectivity index (χ3n) is 4.86. The molecule has 1 heterocycles. The van der Waals surface area contributed by atoms with Crippen molar-refractivity contribution in [2.75, 3.05) is 19.7 Å². The highest BCUT2D eigenvalue weighted by Gasteiger charge is 2.30. The maximum absolute atomic E-state index is 9.78. The highest BCUT2D eigenvalue weighted by Crippen LogP contribution is 2.25. The van der Waals surface area contributed by atoms with Gasteiger partial charge in [-0.25, -0.2) is 0 Å². The fourth-order valence-corrected chi connectivity index (χ4v) is 3.70. The molecular formula is C17H36N2O. The Morgan fingerprint density at radius 2 is 2.00 bits per heavy atom.